The van der Waals surface area contributed by atoms with Gasteiger partial charge in [0.25, 0.3) is 0 Å². The maximum Gasteiger partial charge on any atom is 0.459 e. The van der Waals surface area contributed by atoms with Gasteiger partial charge < -0.3 is 4.74 Å². The summed E-state index contributed by atoms with van der Waals surface area (Å²) in [6, 6.07) is 5.30. The summed E-state index contributed by atoms with van der Waals surface area (Å²) in [7, 11) is -3.40. The largest absolute Gasteiger partial charge is 0.459 e. The van der Waals surface area contributed by atoms with Gasteiger partial charge in [-0.3, -0.25) is 0 Å². The normalized spacial score (nSPS) is 13.6. The molecular formula is C11H13BrF4OSi. The highest BCUT2D eigenvalue weighted by Crippen LogP contribution is 2.42. The molecule has 1 nitrogen and oxygen atoms in total. The molecule has 0 aliphatic heterocycles. The molecule has 0 unspecified atom stereocenters. The molecule has 0 spiro atoms. The van der Waals surface area contributed by atoms with E-state index in [1.54, 1.807) is 0 Å². The number of ether oxygens (including phenoxy) is 1. The van der Waals surface area contributed by atoms with Gasteiger partial charge in [0.05, 0.1) is 0 Å². The Balaban J connectivity index is 2.97. The lowest BCUT2D eigenvalue weighted by molar-refractivity contribution is -0.278. The van der Waals surface area contributed by atoms with Crippen molar-refractivity contribution in [1.29, 1.82) is 0 Å². The number of hydrogen-bond donors (Lipinski definition) is 0. The van der Waals surface area contributed by atoms with E-state index in [-0.39, 0.29) is 5.75 Å². The van der Waals surface area contributed by atoms with Gasteiger partial charge in [-0.1, -0.05) is 35.6 Å². The maximum atomic E-state index is 13.7. The Bertz CT molecular complexity index is 414. The van der Waals surface area contributed by atoms with E-state index >= 15 is 0 Å². The molecule has 18 heavy (non-hydrogen) atoms. The van der Waals surface area contributed by atoms with Crippen molar-refractivity contribution in [2.24, 2.45) is 0 Å². The van der Waals surface area contributed by atoms with Crippen LogP contribution in [0.3, 0.4) is 0 Å². The fraction of sp³-hybridized carbons (Fsp3) is 0.455. The summed E-state index contributed by atoms with van der Waals surface area (Å²) >= 11 is 3.11. The Hall–Kier alpha value is -0.563. The molecular weight excluding hydrogens is 332 g/mol. The van der Waals surface area contributed by atoms with Crippen LogP contribution in [0.4, 0.5) is 17.6 Å². The van der Waals surface area contributed by atoms with Gasteiger partial charge in [0.1, 0.15) is 13.8 Å². The average molecular weight is 345 g/mol. The SMILES string of the molecule is C[Si](C)(C)C(F)(F)C(F)(F)Oc1ccc(Br)cc1. The second-order valence-electron chi connectivity index (χ2n) is 4.90. The summed E-state index contributed by atoms with van der Waals surface area (Å²) in [5.74, 6) is -0.291. The van der Waals surface area contributed by atoms with E-state index in [2.05, 4.69) is 20.7 Å². The summed E-state index contributed by atoms with van der Waals surface area (Å²) in [5.41, 5.74) is -4.15. The summed E-state index contributed by atoms with van der Waals surface area (Å²) in [6.07, 6.45) is -4.51. The van der Waals surface area contributed by atoms with Crippen molar-refractivity contribution < 1.29 is 22.3 Å². The predicted molar refractivity (Wildman–Crippen MR) is 68.0 cm³/mol. The monoisotopic (exact) mass is 344 g/mol. The highest BCUT2D eigenvalue weighted by molar-refractivity contribution is 9.10. The Morgan fingerprint density at radius 2 is 1.44 bits per heavy atom. The van der Waals surface area contributed by atoms with Crippen molar-refractivity contribution in [3.05, 3.63) is 28.7 Å². The third-order valence-electron chi connectivity index (χ3n) is 2.37. The minimum atomic E-state index is -4.51. The molecule has 1 aromatic carbocycles. The number of benzene rings is 1. The number of rotatable bonds is 4. The van der Waals surface area contributed by atoms with Gasteiger partial charge in [0.15, 0.2) is 0 Å². The fourth-order valence-corrected chi connectivity index (χ4v) is 2.34. The average Bonchev–Trinajstić information content (AvgIpc) is 2.19. The molecule has 0 saturated carbocycles. The standard InChI is InChI=1S/C11H13BrF4OSi/c1-18(2,3)11(15,16)10(13,14)17-9-6-4-8(12)5-7-9/h4-7H,1-3H3. The van der Waals surface area contributed by atoms with Crippen LogP contribution in [0.25, 0.3) is 0 Å². The molecule has 0 amide bonds. The second-order valence-corrected chi connectivity index (χ2v) is 10.9. The molecule has 0 heterocycles. The van der Waals surface area contributed by atoms with E-state index in [0.717, 1.165) is 0 Å². The summed E-state index contributed by atoms with van der Waals surface area (Å²) in [5, 5.41) is 0. The van der Waals surface area contributed by atoms with E-state index in [9.17, 15) is 17.6 Å². The first-order valence-corrected chi connectivity index (χ1v) is 9.47. The smallest absolute Gasteiger partial charge is 0.428 e. The van der Waals surface area contributed by atoms with Gasteiger partial charge in [0.2, 0.25) is 0 Å². The number of halogens is 5. The molecule has 0 fully saturated rings. The first kappa shape index (κ1) is 15.5. The van der Waals surface area contributed by atoms with E-state index < -0.39 is 19.7 Å². The molecule has 0 aromatic heterocycles. The van der Waals surface area contributed by atoms with Gasteiger partial charge in [-0.25, -0.2) is 8.78 Å². The molecule has 0 atom stereocenters. The van der Waals surface area contributed by atoms with Crippen molar-refractivity contribution in [2.45, 2.75) is 31.3 Å². The van der Waals surface area contributed by atoms with Gasteiger partial charge in [-0.05, 0) is 24.3 Å². The molecule has 0 aliphatic carbocycles. The quantitative estimate of drug-likeness (QED) is 0.555. The van der Waals surface area contributed by atoms with Crippen LogP contribution in [0.5, 0.6) is 5.75 Å². The Kier molecular flexibility index (Phi) is 4.17. The lowest BCUT2D eigenvalue weighted by Crippen LogP contribution is -2.59. The van der Waals surface area contributed by atoms with Crippen molar-refractivity contribution in [1.82, 2.24) is 0 Å². The third-order valence-corrected chi connectivity index (χ3v) is 5.07. The summed E-state index contributed by atoms with van der Waals surface area (Å²) in [4.78, 5) is 0. The molecule has 0 radical (unpaired) electrons. The van der Waals surface area contributed by atoms with Crippen LogP contribution in [-0.2, 0) is 0 Å². The van der Waals surface area contributed by atoms with Crippen molar-refractivity contribution in [3.63, 3.8) is 0 Å². The van der Waals surface area contributed by atoms with Gasteiger partial charge in [-0.2, -0.15) is 8.78 Å². The van der Waals surface area contributed by atoms with Crippen LogP contribution >= 0.6 is 15.9 Å². The van der Waals surface area contributed by atoms with Gasteiger partial charge in [-0.15, -0.1) is 0 Å². The molecule has 1 aromatic rings. The summed E-state index contributed by atoms with van der Waals surface area (Å²) in [6.45, 7) is 3.52. The number of alkyl halides is 4. The molecule has 0 bridgehead atoms. The van der Waals surface area contributed by atoms with E-state index in [1.165, 1.54) is 43.9 Å². The van der Waals surface area contributed by atoms with Crippen molar-refractivity contribution in [3.8, 4) is 5.75 Å². The Morgan fingerprint density at radius 1 is 1.00 bits per heavy atom. The lowest BCUT2D eigenvalue weighted by Gasteiger charge is -2.34. The van der Waals surface area contributed by atoms with Crippen LogP contribution in [0.2, 0.25) is 19.6 Å². The number of hydrogen-bond acceptors (Lipinski definition) is 1. The molecule has 102 valence electrons. The van der Waals surface area contributed by atoms with E-state index in [0.29, 0.717) is 4.47 Å². The van der Waals surface area contributed by atoms with Crippen molar-refractivity contribution >= 4 is 24.0 Å². The molecule has 0 saturated heterocycles. The highest BCUT2D eigenvalue weighted by Gasteiger charge is 2.66. The Morgan fingerprint density at radius 3 is 1.83 bits per heavy atom. The minimum absolute atomic E-state index is 0.291. The fourth-order valence-electron chi connectivity index (χ4n) is 1.15. The molecule has 0 N–H and O–H groups in total. The van der Waals surface area contributed by atoms with E-state index in [1.807, 2.05) is 0 Å². The van der Waals surface area contributed by atoms with Crippen molar-refractivity contribution in [2.75, 3.05) is 0 Å². The first-order valence-electron chi connectivity index (χ1n) is 5.17. The highest BCUT2D eigenvalue weighted by atomic mass is 79.9. The Labute approximate surface area is 112 Å². The maximum absolute atomic E-state index is 13.7. The topological polar surface area (TPSA) is 9.23 Å². The summed E-state index contributed by atoms with van der Waals surface area (Å²) < 4.78 is 59.2. The zero-order valence-electron chi connectivity index (χ0n) is 10.1. The molecule has 7 heteroatoms. The van der Waals surface area contributed by atoms with Crippen LogP contribution in [0.1, 0.15) is 0 Å². The molecule has 1 rings (SSSR count). The first-order chi connectivity index (χ1) is 7.97. The zero-order valence-corrected chi connectivity index (χ0v) is 12.7. The lowest BCUT2D eigenvalue weighted by atomic mass is 10.3. The predicted octanol–water partition coefficient (Wildman–Crippen LogP) is 4.93. The van der Waals surface area contributed by atoms with Gasteiger partial charge in [0, 0.05) is 4.47 Å². The van der Waals surface area contributed by atoms with Crippen LogP contribution < -0.4 is 4.74 Å². The zero-order chi connectivity index (χ0) is 14.2. The van der Waals surface area contributed by atoms with E-state index in [4.69, 9.17) is 0 Å². The van der Waals surface area contributed by atoms with Crippen LogP contribution in [-0.4, -0.2) is 19.7 Å². The van der Waals surface area contributed by atoms with Crippen LogP contribution in [0.15, 0.2) is 28.7 Å². The molecule has 0 aliphatic rings. The minimum Gasteiger partial charge on any atom is -0.428 e. The third kappa shape index (κ3) is 3.06. The van der Waals surface area contributed by atoms with Crippen LogP contribution in [0, 0.1) is 0 Å². The second kappa shape index (κ2) is 4.84. The van der Waals surface area contributed by atoms with Gasteiger partial charge >= 0.3 is 11.7 Å².